The lowest BCUT2D eigenvalue weighted by atomic mass is 9.79. The molecule has 14 heavy (non-hydrogen) atoms. The van der Waals surface area contributed by atoms with Gasteiger partial charge >= 0.3 is 0 Å². The van der Waals surface area contributed by atoms with Crippen LogP contribution in [-0.2, 0) is 4.79 Å². The second-order valence-corrected chi connectivity index (χ2v) is 4.61. The Kier molecular flexibility index (Phi) is 2.74. The highest BCUT2D eigenvalue weighted by atomic mass is 16.2. The van der Waals surface area contributed by atoms with E-state index in [9.17, 15) is 4.79 Å². The highest BCUT2D eigenvalue weighted by Gasteiger charge is 2.36. The van der Waals surface area contributed by atoms with E-state index < -0.39 is 0 Å². The molecule has 2 aliphatic rings. The molecule has 0 bridgehead atoms. The van der Waals surface area contributed by atoms with Gasteiger partial charge in [-0.25, -0.2) is 5.43 Å². The van der Waals surface area contributed by atoms with E-state index in [4.69, 9.17) is 5.73 Å². The molecule has 2 rings (SSSR count). The van der Waals surface area contributed by atoms with Gasteiger partial charge in [0.05, 0.1) is 6.54 Å². The third-order valence-electron chi connectivity index (χ3n) is 3.21. The Morgan fingerprint density at radius 2 is 2.36 bits per heavy atom. The quantitative estimate of drug-likeness (QED) is 0.681. The Morgan fingerprint density at radius 1 is 1.64 bits per heavy atom. The van der Waals surface area contributed by atoms with Crippen molar-refractivity contribution in [3.05, 3.63) is 0 Å². The topological polar surface area (TPSA) is 58.4 Å². The van der Waals surface area contributed by atoms with Crippen LogP contribution in [0.5, 0.6) is 0 Å². The first-order valence-corrected chi connectivity index (χ1v) is 5.49. The average Bonchev–Trinajstić information content (AvgIpc) is 2.27. The lowest BCUT2D eigenvalue weighted by molar-refractivity contribution is -0.129. The number of rotatable bonds is 3. The zero-order valence-corrected chi connectivity index (χ0v) is 8.70. The molecular weight excluding hydrogens is 178 g/mol. The number of nitrogens with two attached hydrogens (primary N) is 1. The summed E-state index contributed by atoms with van der Waals surface area (Å²) in [7, 11) is 0. The van der Waals surface area contributed by atoms with E-state index >= 15 is 0 Å². The smallest absolute Gasteiger partial charge is 0.238 e. The fourth-order valence-electron chi connectivity index (χ4n) is 2.17. The van der Waals surface area contributed by atoms with Crippen LogP contribution < -0.4 is 11.2 Å². The maximum absolute atomic E-state index is 11.6. The summed E-state index contributed by atoms with van der Waals surface area (Å²) in [4.78, 5) is 11.6. The maximum atomic E-state index is 11.6. The molecule has 1 aliphatic heterocycles. The molecule has 0 aromatic rings. The van der Waals surface area contributed by atoms with Crippen molar-refractivity contribution in [3.8, 4) is 0 Å². The molecule has 4 heteroatoms. The van der Waals surface area contributed by atoms with Crippen molar-refractivity contribution in [2.75, 3.05) is 6.54 Å². The van der Waals surface area contributed by atoms with Crippen molar-refractivity contribution in [2.24, 2.45) is 11.7 Å². The van der Waals surface area contributed by atoms with E-state index in [1.54, 1.807) is 5.01 Å². The predicted octanol–water partition coefficient (Wildman–Crippen LogP) is 0.239. The summed E-state index contributed by atoms with van der Waals surface area (Å²) in [6, 6.07) is 0.432. The lowest BCUT2D eigenvalue weighted by Gasteiger charge is -2.31. The van der Waals surface area contributed by atoms with Gasteiger partial charge in [-0.3, -0.25) is 9.80 Å². The molecule has 1 saturated heterocycles. The van der Waals surface area contributed by atoms with Gasteiger partial charge in [0, 0.05) is 18.5 Å². The van der Waals surface area contributed by atoms with Crippen LogP contribution in [0.3, 0.4) is 0 Å². The number of amides is 1. The molecule has 0 aromatic heterocycles. The number of hydrogen-bond donors (Lipinski definition) is 2. The second-order valence-electron chi connectivity index (χ2n) is 4.61. The minimum Gasteiger partial charge on any atom is -0.326 e. The first-order chi connectivity index (χ1) is 6.66. The Morgan fingerprint density at radius 3 is 2.86 bits per heavy atom. The molecule has 1 heterocycles. The van der Waals surface area contributed by atoms with Crippen molar-refractivity contribution in [1.82, 2.24) is 10.4 Å². The van der Waals surface area contributed by atoms with Crippen molar-refractivity contribution in [3.63, 3.8) is 0 Å². The molecular formula is C10H19N3O. The SMILES string of the molecule is CC(N)CN1NC(C2CCC2)CC1=O. The number of nitrogens with zero attached hydrogens (tertiary/aromatic N) is 1. The first kappa shape index (κ1) is 9.93. The van der Waals surface area contributed by atoms with Gasteiger partial charge in [0.1, 0.15) is 0 Å². The molecule has 80 valence electrons. The number of nitrogens with one attached hydrogen (secondary N) is 1. The van der Waals surface area contributed by atoms with Gasteiger partial charge < -0.3 is 5.73 Å². The zero-order chi connectivity index (χ0) is 10.1. The Labute approximate surface area is 84.8 Å². The minimum atomic E-state index is 0.0478. The van der Waals surface area contributed by atoms with Gasteiger partial charge in [-0.1, -0.05) is 6.42 Å². The van der Waals surface area contributed by atoms with Crippen LogP contribution in [0.4, 0.5) is 0 Å². The third-order valence-corrected chi connectivity index (χ3v) is 3.21. The van der Waals surface area contributed by atoms with Crippen LogP contribution in [0.2, 0.25) is 0 Å². The van der Waals surface area contributed by atoms with Gasteiger partial charge in [0.2, 0.25) is 5.91 Å². The van der Waals surface area contributed by atoms with Crippen molar-refractivity contribution in [1.29, 1.82) is 0 Å². The van der Waals surface area contributed by atoms with Crippen LogP contribution >= 0.6 is 0 Å². The summed E-state index contributed by atoms with van der Waals surface area (Å²) in [5.74, 6) is 0.927. The van der Waals surface area contributed by atoms with Gasteiger partial charge in [0.25, 0.3) is 0 Å². The van der Waals surface area contributed by atoms with Crippen LogP contribution in [0.1, 0.15) is 32.6 Å². The predicted molar refractivity (Wildman–Crippen MR) is 54.2 cm³/mol. The molecule has 0 radical (unpaired) electrons. The molecule has 0 spiro atoms. The summed E-state index contributed by atoms with van der Waals surface area (Å²) in [5, 5.41) is 1.70. The molecule has 2 atom stereocenters. The molecule has 4 nitrogen and oxygen atoms in total. The van der Waals surface area contributed by atoms with Crippen molar-refractivity contribution >= 4 is 5.91 Å². The molecule has 1 aliphatic carbocycles. The highest BCUT2D eigenvalue weighted by molar-refractivity contribution is 5.78. The summed E-state index contributed by atoms with van der Waals surface area (Å²) in [6.07, 6.45) is 4.54. The van der Waals surface area contributed by atoms with Crippen molar-refractivity contribution in [2.45, 2.75) is 44.7 Å². The summed E-state index contributed by atoms with van der Waals surface area (Å²) in [6.45, 7) is 2.55. The van der Waals surface area contributed by atoms with Crippen molar-refractivity contribution < 1.29 is 4.79 Å². The summed E-state index contributed by atoms with van der Waals surface area (Å²) < 4.78 is 0. The monoisotopic (exact) mass is 197 g/mol. The largest absolute Gasteiger partial charge is 0.326 e. The first-order valence-electron chi connectivity index (χ1n) is 5.49. The zero-order valence-electron chi connectivity index (χ0n) is 8.70. The molecule has 1 amide bonds. The highest BCUT2D eigenvalue weighted by Crippen LogP contribution is 2.33. The fraction of sp³-hybridized carbons (Fsp3) is 0.900. The van der Waals surface area contributed by atoms with Crippen LogP contribution in [0.15, 0.2) is 0 Å². The Bertz CT molecular complexity index is 225. The van der Waals surface area contributed by atoms with E-state index in [1.165, 1.54) is 19.3 Å². The van der Waals surface area contributed by atoms with Gasteiger partial charge in [-0.05, 0) is 25.7 Å². The fourth-order valence-corrected chi connectivity index (χ4v) is 2.17. The number of hydrogen-bond acceptors (Lipinski definition) is 3. The minimum absolute atomic E-state index is 0.0478. The van der Waals surface area contributed by atoms with E-state index in [2.05, 4.69) is 5.43 Å². The third kappa shape index (κ3) is 1.91. The van der Waals surface area contributed by atoms with Crippen LogP contribution in [0.25, 0.3) is 0 Å². The lowest BCUT2D eigenvalue weighted by Crippen LogP contribution is -2.46. The molecule has 0 aromatic carbocycles. The van der Waals surface area contributed by atoms with Crippen LogP contribution in [-0.4, -0.2) is 29.5 Å². The van der Waals surface area contributed by atoms with Crippen LogP contribution in [0, 0.1) is 5.92 Å². The molecule has 2 fully saturated rings. The van der Waals surface area contributed by atoms with E-state index in [0.717, 1.165) is 5.92 Å². The van der Waals surface area contributed by atoms with E-state index in [1.807, 2.05) is 6.92 Å². The van der Waals surface area contributed by atoms with Gasteiger partial charge in [-0.15, -0.1) is 0 Å². The Balaban J connectivity index is 1.86. The second kappa shape index (κ2) is 3.87. The average molecular weight is 197 g/mol. The number of hydrazine groups is 1. The molecule has 3 N–H and O–H groups in total. The van der Waals surface area contributed by atoms with Gasteiger partial charge in [-0.2, -0.15) is 0 Å². The summed E-state index contributed by atoms with van der Waals surface area (Å²) in [5.41, 5.74) is 8.95. The number of carbonyl (C=O) groups is 1. The standard InChI is InChI=1S/C10H19N3O/c1-7(11)6-13-10(14)5-9(12-13)8-3-2-4-8/h7-9,12H,2-6,11H2,1H3. The Hall–Kier alpha value is -0.610. The van der Waals surface area contributed by atoms with Gasteiger partial charge in [0.15, 0.2) is 0 Å². The molecule has 2 unspecified atom stereocenters. The maximum Gasteiger partial charge on any atom is 0.238 e. The normalized spacial score (nSPS) is 30.6. The molecule has 1 saturated carbocycles. The number of carbonyl (C=O) groups excluding carboxylic acids is 1. The van der Waals surface area contributed by atoms with E-state index in [0.29, 0.717) is 19.0 Å². The van der Waals surface area contributed by atoms with E-state index in [-0.39, 0.29) is 11.9 Å². The summed E-state index contributed by atoms with van der Waals surface area (Å²) >= 11 is 0.